The number of ether oxygens (including phenoxy) is 1. The highest BCUT2D eigenvalue weighted by molar-refractivity contribution is 6.30. The molecular formula is C16H22ClN3O. The maximum atomic E-state index is 6.10. The number of aromatic nitrogens is 2. The summed E-state index contributed by atoms with van der Waals surface area (Å²) in [4.78, 5) is 0. The number of rotatable bonds is 5. The van der Waals surface area contributed by atoms with Crippen LogP contribution in [0.15, 0.2) is 18.2 Å². The Bertz CT molecular complexity index is 635. The highest BCUT2D eigenvalue weighted by Gasteiger charge is 2.14. The summed E-state index contributed by atoms with van der Waals surface area (Å²) in [7, 11) is 1.91. The second-order valence-electron chi connectivity index (χ2n) is 5.51. The van der Waals surface area contributed by atoms with Gasteiger partial charge in [-0.1, -0.05) is 25.4 Å². The quantitative estimate of drug-likeness (QED) is 0.908. The normalized spacial score (nSPS) is 11.2. The van der Waals surface area contributed by atoms with Crippen LogP contribution in [0.2, 0.25) is 5.02 Å². The number of benzene rings is 1. The van der Waals surface area contributed by atoms with Gasteiger partial charge in [0.25, 0.3) is 0 Å². The van der Waals surface area contributed by atoms with Gasteiger partial charge in [-0.25, -0.2) is 0 Å². The van der Waals surface area contributed by atoms with Gasteiger partial charge in [-0.05, 0) is 32.0 Å². The first-order valence-corrected chi connectivity index (χ1v) is 7.46. The minimum Gasteiger partial charge on any atom is -0.453 e. The van der Waals surface area contributed by atoms with Crippen LogP contribution >= 0.6 is 11.6 Å². The molecule has 2 rings (SSSR count). The van der Waals surface area contributed by atoms with Crippen LogP contribution in [-0.4, -0.2) is 15.8 Å². The molecule has 0 radical (unpaired) electrons. The van der Waals surface area contributed by atoms with Crippen LogP contribution in [0.3, 0.4) is 0 Å². The molecule has 21 heavy (non-hydrogen) atoms. The third-order valence-electron chi connectivity index (χ3n) is 3.38. The molecule has 0 aliphatic rings. The molecule has 1 aromatic heterocycles. The van der Waals surface area contributed by atoms with Gasteiger partial charge in [-0.2, -0.15) is 5.10 Å². The molecule has 1 N–H and O–H groups in total. The van der Waals surface area contributed by atoms with Gasteiger partial charge in [0.1, 0.15) is 11.4 Å². The van der Waals surface area contributed by atoms with Gasteiger partial charge >= 0.3 is 0 Å². The molecule has 0 fully saturated rings. The molecule has 0 saturated heterocycles. The summed E-state index contributed by atoms with van der Waals surface area (Å²) < 4.78 is 7.92. The van der Waals surface area contributed by atoms with Crippen LogP contribution < -0.4 is 10.1 Å². The topological polar surface area (TPSA) is 39.1 Å². The molecule has 5 heteroatoms. The van der Waals surface area contributed by atoms with Gasteiger partial charge in [0.05, 0.1) is 5.69 Å². The predicted molar refractivity (Wildman–Crippen MR) is 86.2 cm³/mol. The van der Waals surface area contributed by atoms with Gasteiger partial charge in [-0.15, -0.1) is 0 Å². The highest BCUT2D eigenvalue weighted by atomic mass is 35.5. The number of aryl methyl sites for hydroxylation is 2. The van der Waals surface area contributed by atoms with Crippen LogP contribution in [0.4, 0.5) is 0 Å². The summed E-state index contributed by atoms with van der Waals surface area (Å²) >= 11 is 6.10. The Morgan fingerprint density at radius 3 is 2.62 bits per heavy atom. The molecule has 1 aromatic carbocycles. The largest absolute Gasteiger partial charge is 0.453 e. The van der Waals surface area contributed by atoms with Crippen molar-refractivity contribution in [3.8, 4) is 11.5 Å². The van der Waals surface area contributed by atoms with Crippen molar-refractivity contribution in [2.45, 2.75) is 40.3 Å². The molecule has 4 nitrogen and oxygen atoms in total. The fourth-order valence-corrected chi connectivity index (χ4v) is 2.31. The monoisotopic (exact) mass is 307 g/mol. The van der Waals surface area contributed by atoms with E-state index in [4.69, 9.17) is 16.3 Å². The number of hydrogen-bond acceptors (Lipinski definition) is 3. The standard InChI is InChI=1S/C16H22ClN3O/c1-10(2)18-9-13-8-14(17)6-7-15(13)21-16-11(3)19-20(5)12(16)4/h6-8,10,18H,9H2,1-5H3. The van der Waals surface area contributed by atoms with Gasteiger partial charge in [0.15, 0.2) is 5.75 Å². The van der Waals surface area contributed by atoms with Crippen LogP contribution in [0.5, 0.6) is 11.5 Å². The zero-order valence-electron chi connectivity index (χ0n) is 13.2. The van der Waals surface area contributed by atoms with E-state index in [2.05, 4.69) is 24.3 Å². The lowest BCUT2D eigenvalue weighted by atomic mass is 10.2. The third kappa shape index (κ3) is 3.77. The number of nitrogens with zero attached hydrogens (tertiary/aromatic N) is 2. The Hall–Kier alpha value is -1.52. The first kappa shape index (κ1) is 15.9. The van der Waals surface area contributed by atoms with E-state index in [1.54, 1.807) is 0 Å². The molecule has 0 bridgehead atoms. The number of nitrogens with one attached hydrogen (secondary N) is 1. The molecule has 0 aliphatic carbocycles. The number of hydrogen-bond donors (Lipinski definition) is 1. The summed E-state index contributed by atoms with van der Waals surface area (Å²) in [6.07, 6.45) is 0. The maximum Gasteiger partial charge on any atom is 0.171 e. The summed E-state index contributed by atoms with van der Waals surface area (Å²) in [5.41, 5.74) is 2.93. The summed E-state index contributed by atoms with van der Waals surface area (Å²) in [6.45, 7) is 8.88. The van der Waals surface area contributed by atoms with E-state index in [-0.39, 0.29) is 0 Å². The van der Waals surface area contributed by atoms with Crippen LogP contribution in [0.1, 0.15) is 30.8 Å². The van der Waals surface area contributed by atoms with Gasteiger partial charge in [0, 0.05) is 30.2 Å². The minimum absolute atomic E-state index is 0.402. The van der Waals surface area contributed by atoms with Crippen molar-refractivity contribution >= 4 is 11.6 Å². The van der Waals surface area contributed by atoms with Crippen molar-refractivity contribution in [1.82, 2.24) is 15.1 Å². The Balaban J connectivity index is 2.30. The van der Waals surface area contributed by atoms with E-state index in [0.29, 0.717) is 17.6 Å². The predicted octanol–water partition coefficient (Wildman–Crippen LogP) is 3.98. The summed E-state index contributed by atoms with van der Waals surface area (Å²) in [6, 6.07) is 6.09. The zero-order valence-corrected chi connectivity index (χ0v) is 14.0. The van der Waals surface area contributed by atoms with Gasteiger partial charge in [0.2, 0.25) is 0 Å². The van der Waals surface area contributed by atoms with Crippen molar-refractivity contribution in [2.24, 2.45) is 7.05 Å². The van der Waals surface area contributed by atoms with Crippen molar-refractivity contribution < 1.29 is 4.74 Å². The molecule has 0 unspecified atom stereocenters. The van der Waals surface area contributed by atoms with Crippen molar-refractivity contribution in [3.05, 3.63) is 40.2 Å². The second-order valence-corrected chi connectivity index (χ2v) is 5.95. The third-order valence-corrected chi connectivity index (χ3v) is 3.61. The van der Waals surface area contributed by atoms with E-state index >= 15 is 0 Å². The smallest absolute Gasteiger partial charge is 0.171 e. The first-order chi connectivity index (χ1) is 9.88. The Morgan fingerprint density at radius 1 is 1.33 bits per heavy atom. The average Bonchev–Trinajstić information content (AvgIpc) is 2.65. The highest BCUT2D eigenvalue weighted by Crippen LogP contribution is 2.31. The maximum absolute atomic E-state index is 6.10. The van der Waals surface area contributed by atoms with E-state index in [1.807, 2.05) is 43.8 Å². The molecule has 0 atom stereocenters. The van der Waals surface area contributed by atoms with Gasteiger partial charge < -0.3 is 10.1 Å². The van der Waals surface area contributed by atoms with E-state index in [9.17, 15) is 0 Å². The molecule has 114 valence electrons. The van der Waals surface area contributed by atoms with E-state index < -0.39 is 0 Å². The van der Waals surface area contributed by atoms with Crippen LogP contribution in [0, 0.1) is 13.8 Å². The van der Waals surface area contributed by atoms with E-state index in [1.165, 1.54) is 0 Å². The first-order valence-electron chi connectivity index (χ1n) is 7.08. The lowest BCUT2D eigenvalue weighted by Crippen LogP contribution is -2.22. The zero-order chi connectivity index (χ0) is 15.6. The van der Waals surface area contributed by atoms with Crippen molar-refractivity contribution in [2.75, 3.05) is 0 Å². The molecule has 0 saturated carbocycles. The minimum atomic E-state index is 0.402. The summed E-state index contributed by atoms with van der Waals surface area (Å²) in [5, 5.41) is 8.48. The number of halogens is 1. The van der Waals surface area contributed by atoms with Crippen molar-refractivity contribution in [1.29, 1.82) is 0 Å². The van der Waals surface area contributed by atoms with Crippen LogP contribution in [-0.2, 0) is 13.6 Å². The second kappa shape index (κ2) is 6.50. The molecule has 0 amide bonds. The molecule has 0 spiro atoms. The Morgan fingerprint density at radius 2 is 2.05 bits per heavy atom. The molecule has 2 aromatic rings. The molecular weight excluding hydrogens is 286 g/mol. The lowest BCUT2D eigenvalue weighted by Gasteiger charge is -2.14. The Labute approximate surface area is 131 Å². The molecule has 0 aliphatic heterocycles. The Kier molecular flexibility index (Phi) is 4.91. The fraction of sp³-hybridized carbons (Fsp3) is 0.438. The SMILES string of the molecule is Cc1nn(C)c(C)c1Oc1ccc(Cl)cc1CNC(C)C. The van der Waals surface area contributed by atoms with Crippen molar-refractivity contribution in [3.63, 3.8) is 0 Å². The average molecular weight is 308 g/mol. The van der Waals surface area contributed by atoms with Gasteiger partial charge in [-0.3, -0.25) is 4.68 Å². The molecule has 1 heterocycles. The van der Waals surface area contributed by atoms with E-state index in [0.717, 1.165) is 28.5 Å². The fourth-order valence-electron chi connectivity index (χ4n) is 2.11. The van der Waals surface area contributed by atoms with Crippen LogP contribution in [0.25, 0.3) is 0 Å². The summed E-state index contributed by atoms with van der Waals surface area (Å²) in [5.74, 6) is 1.62. The lowest BCUT2D eigenvalue weighted by molar-refractivity contribution is 0.462.